The fourth-order valence-electron chi connectivity index (χ4n) is 2.25. The second kappa shape index (κ2) is 6.71. The number of carboxylic acids is 1. The van der Waals surface area contributed by atoms with Crippen LogP contribution in [0.5, 0.6) is 0 Å². The molecule has 0 saturated carbocycles. The molecule has 2 amide bonds. The third-order valence-corrected chi connectivity index (χ3v) is 3.97. The molecule has 0 spiro atoms. The van der Waals surface area contributed by atoms with Crippen molar-refractivity contribution < 1.29 is 19.5 Å². The number of anilines is 1. The van der Waals surface area contributed by atoms with Gasteiger partial charge in [-0.3, -0.25) is 14.4 Å². The normalized spacial score (nSPS) is 17.9. The van der Waals surface area contributed by atoms with Gasteiger partial charge >= 0.3 is 5.97 Å². The molecule has 0 bridgehead atoms. The molecule has 1 fully saturated rings. The third kappa shape index (κ3) is 3.60. The van der Waals surface area contributed by atoms with Crippen molar-refractivity contribution in [3.8, 4) is 0 Å². The van der Waals surface area contributed by atoms with E-state index < -0.39 is 17.8 Å². The molecule has 112 valence electrons. The lowest BCUT2D eigenvalue weighted by Crippen LogP contribution is -2.37. The van der Waals surface area contributed by atoms with Crippen molar-refractivity contribution in [3.05, 3.63) is 28.7 Å². The largest absolute Gasteiger partial charge is 0.481 e. The van der Waals surface area contributed by atoms with Crippen LogP contribution < -0.4 is 10.2 Å². The number of nitrogens with one attached hydrogen (secondary N) is 1. The van der Waals surface area contributed by atoms with Crippen LogP contribution in [0.2, 0.25) is 0 Å². The number of carboxylic acid groups (broad SMARTS) is 1. The van der Waals surface area contributed by atoms with Crippen LogP contribution in [0, 0.1) is 5.92 Å². The van der Waals surface area contributed by atoms with E-state index in [1.165, 1.54) is 0 Å². The Morgan fingerprint density at radius 1 is 1.38 bits per heavy atom. The SMILES string of the molecule is O=C(O)CCNC(=O)C1CCN(c2ccccc2Br)C1=O. The molecule has 6 nitrogen and oxygen atoms in total. The van der Waals surface area contributed by atoms with Crippen LogP contribution >= 0.6 is 15.9 Å². The van der Waals surface area contributed by atoms with E-state index in [0.29, 0.717) is 13.0 Å². The van der Waals surface area contributed by atoms with Crippen molar-refractivity contribution in [2.45, 2.75) is 12.8 Å². The van der Waals surface area contributed by atoms with Gasteiger partial charge in [-0.2, -0.15) is 0 Å². The molecule has 0 aromatic heterocycles. The van der Waals surface area contributed by atoms with E-state index in [0.717, 1.165) is 10.2 Å². The van der Waals surface area contributed by atoms with Gasteiger partial charge in [0, 0.05) is 17.6 Å². The fraction of sp³-hybridized carbons (Fsp3) is 0.357. The minimum Gasteiger partial charge on any atom is -0.481 e. The topological polar surface area (TPSA) is 86.7 Å². The molecule has 1 saturated heterocycles. The maximum atomic E-state index is 12.3. The van der Waals surface area contributed by atoms with Crippen molar-refractivity contribution in [1.29, 1.82) is 0 Å². The lowest BCUT2D eigenvalue weighted by atomic mass is 10.1. The van der Waals surface area contributed by atoms with Gasteiger partial charge in [0.25, 0.3) is 0 Å². The van der Waals surface area contributed by atoms with Crippen molar-refractivity contribution in [3.63, 3.8) is 0 Å². The van der Waals surface area contributed by atoms with E-state index in [2.05, 4.69) is 21.2 Å². The zero-order valence-corrected chi connectivity index (χ0v) is 12.8. The van der Waals surface area contributed by atoms with Gasteiger partial charge in [0.1, 0.15) is 5.92 Å². The molecule has 1 unspecified atom stereocenters. The predicted molar refractivity (Wildman–Crippen MR) is 79.9 cm³/mol. The number of para-hydroxylation sites is 1. The Bertz CT molecular complexity index is 576. The summed E-state index contributed by atoms with van der Waals surface area (Å²) in [6.07, 6.45) is 0.277. The van der Waals surface area contributed by atoms with Gasteiger partial charge in [-0.15, -0.1) is 0 Å². The van der Waals surface area contributed by atoms with E-state index in [1.54, 1.807) is 4.90 Å². The van der Waals surface area contributed by atoms with E-state index in [-0.39, 0.29) is 18.9 Å². The van der Waals surface area contributed by atoms with Gasteiger partial charge in [-0.1, -0.05) is 12.1 Å². The molecule has 2 rings (SSSR count). The first kappa shape index (κ1) is 15.5. The summed E-state index contributed by atoms with van der Waals surface area (Å²) in [6.45, 7) is 0.505. The van der Waals surface area contributed by atoms with Crippen molar-refractivity contribution in [1.82, 2.24) is 5.32 Å². The quantitative estimate of drug-likeness (QED) is 0.782. The smallest absolute Gasteiger partial charge is 0.305 e. The molecular formula is C14H15BrN2O4. The molecule has 0 aliphatic carbocycles. The van der Waals surface area contributed by atoms with E-state index in [9.17, 15) is 14.4 Å². The standard InChI is InChI=1S/C14H15BrN2O4/c15-10-3-1-2-4-11(10)17-8-6-9(14(17)21)13(20)16-7-5-12(18)19/h1-4,9H,5-8H2,(H,16,20)(H,18,19). The third-order valence-electron chi connectivity index (χ3n) is 3.30. The molecule has 2 N–H and O–H groups in total. The number of amides is 2. The van der Waals surface area contributed by atoms with Crippen LogP contribution in [0.1, 0.15) is 12.8 Å². The van der Waals surface area contributed by atoms with Crippen molar-refractivity contribution in [2.24, 2.45) is 5.92 Å². The minimum absolute atomic E-state index is 0.0347. The highest BCUT2D eigenvalue weighted by Gasteiger charge is 2.37. The van der Waals surface area contributed by atoms with E-state index in [4.69, 9.17) is 5.11 Å². The molecule has 7 heteroatoms. The first-order valence-corrected chi connectivity index (χ1v) is 7.35. The van der Waals surface area contributed by atoms with E-state index >= 15 is 0 Å². The Kier molecular flexibility index (Phi) is 4.95. The number of nitrogens with zero attached hydrogens (tertiary/aromatic N) is 1. The second-order valence-corrected chi connectivity index (χ2v) is 5.57. The van der Waals surface area contributed by atoms with Gasteiger partial charge in [-0.25, -0.2) is 0 Å². The Morgan fingerprint density at radius 2 is 2.10 bits per heavy atom. The summed E-state index contributed by atoms with van der Waals surface area (Å²) in [5.41, 5.74) is 0.739. The summed E-state index contributed by atoms with van der Waals surface area (Å²) in [5, 5.41) is 11.0. The molecule has 1 atom stereocenters. The molecule has 21 heavy (non-hydrogen) atoms. The molecular weight excluding hydrogens is 340 g/mol. The molecule has 1 heterocycles. The second-order valence-electron chi connectivity index (χ2n) is 4.72. The van der Waals surface area contributed by atoms with Crippen LogP contribution in [0.4, 0.5) is 5.69 Å². The Hall–Kier alpha value is -1.89. The van der Waals surface area contributed by atoms with Crippen LogP contribution in [0.3, 0.4) is 0 Å². The van der Waals surface area contributed by atoms with Gasteiger partial charge in [0.15, 0.2) is 0 Å². The number of rotatable bonds is 5. The highest BCUT2D eigenvalue weighted by atomic mass is 79.9. The molecule has 0 radical (unpaired) electrons. The zero-order chi connectivity index (χ0) is 15.4. The number of carbonyl (C=O) groups excluding carboxylic acids is 2. The number of benzene rings is 1. The summed E-state index contributed by atoms with van der Waals surface area (Å²) < 4.78 is 0.797. The lowest BCUT2D eigenvalue weighted by Gasteiger charge is -2.18. The first-order valence-electron chi connectivity index (χ1n) is 6.56. The summed E-state index contributed by atoms with van der Waals surface area (Å²) >= 11 is 3.39. The van der Waals surface area contributed by atoms with Crippen LogP contribution in [-0.4, -0.2) is 36.0 Å². The Morgan fingerprint density at radius 3 is 2.76 bits per heavy atom. The monoisotopic (exact) mass is 354 g/mol. The maximum Gasteiger partial charge on any atom is 0.305 e. The van der Waals surface area contributed by atoms with Crippen molar-refractivity contribution in [2.75, 3.05) is 18.0 Å². The summed E-state index contributed by atoms with van der Waals surface area (Å²) in [4.78, 5) is 36.2. The highest BCUT2D eigenvalue weighted by Crippen LogP contribution is 2.31. The summed E-state index contributed by atoms with van der Waals surface area (Å²) in [5.74, 6) is -2.39. The van der Waals surface area contributed by atoms with E-state index in [1.807, 2.05) is 24.3 Å². The highest BCUT2D eigenvalue weighted by molar-refractivity contribution is 9.10. The van der Waals surface area contributed by atoms with Gasteiger partial charge in [-0.05, 0) is 34.5 Å². The average molecular weight is 355 g/mol. The van der Waals surface area contributed by atoms with Gasteiger partial charge in [0.05, 0.1) is 12.1 Å². The van der Waals surface area contributed by atoms with Crippen molar-refractivity contribution >= 4 is 39.4 Å². The molecule has 1 aromatic carbocycles. The molecule has 1 aliphatic rings. The minimum atomic E-state index is -0.983. The Balaban J connectivity index is 2.00. The predicted octanol–water partition coefficient (Wildman–Crippen LogP) is 1.39. The van der Waals surface area contributed by atoms with Crippen LogP contribution in [0.25, 0.3) is 0 Å². The zero-order valence-electron chi connectivity index (χ0n) is 11.2. The van der Waals surface area contributed by atoms with Crippen LogP contribution in [-0.2, 0) is 14.4 Å². The van der Waals surface area contributed by atoms with Crippen LogP contribution in [0.15, 0.2) is 28.7 Å². The molecule has 1 aliphatic heterocycles. The number of aliphatic carboxylic acids is 1. The number of halogens is 1. The fourth-order valence-corrected chi connectivity index (χ4v) is 2.75. The maximum absolute atomic E-state index is 12.3. The Labute approximate surface area is 130 Å². The number of hydrogen-bond acceptors (Lipinski definition) is 3. The summed E-state index contributed by atoms with van der Waals surface area (Å²) in [7, 11) is 0. The number of carbonyl (C=O) groups is 3. The van der Waals surface area contributed by atoms with Gasteiger partial charge < -0.3 is 15.3 Å². The van der Waals surface area contributed by atoms with Gasteiger partial charge in [0.2, 0.25) is 11.8 Å². The number of hydrogen-bond donors (Lipinski definition) is 2. The summed E-state index contributed by atoms with van der Waals surface area (Å²) in [6, 6.07) is 7.33. The average Bonchev–Trinajstić information content (AvgIpc) is 2.80. The first-order chi connectivity index (χ1) is 10.0. The molecule has 1 aromatic rings. The lowest BCUT2D eigenvalue weighted by molar-refractivity contribution is -0.137.